The standard InChI is InChI=1S/C14H11F2NO/c1-2-3-9-4-6-11(14(16)13(9)15)12-7-5-10(18)8-17-12/h2,4-8,18H,1,3H2. The van der Waals surface area contributed by atoms with Gasteiger partial charge in [-0.25, -0.2) is 8.78 Å². The summed E-state index contributed by atoms with van der Waals surface area (Å²) in [5.74, 6) is -1.85. The van der Waals surface area contributed by atoms with Crippen molar-refractivity contribution in [1.29, 1.82) is 0 Å². The van der Waals surface area contributed by atoms with Crippen LogP contribution in [0.4, 0.5) is 8.78 Å². The molecule has 92 valence electrons. The van der Waals surface area contributed by atoms with Crippen LogP contribution in [0.5, 0.6) is 5.75 Å². The second kappa shape index (κ2) is 4.96. The SMILES string of the molecule is C=CCc1ccc(-c2ccc(O)cn2)c(F)c1F. The van der Waals surface area contributed by atoms with Gasteiger partial charge in [-0.2, -0.15) is 0 Å². The van der Waals surface area contributed by atoms with E-state index >= 15 is 0 Å². The Kier molecular flexibility index (Phi) is 3.37. The van der Waals surface area contributed by atoms with Crippen molar-refractivity contribution in [3.8, 4) is 17.0 Å². The van der Waals surface area contributed by atoms with Gasteiger partial charge in [0.25, 0.3) is 0 Å². The molecule has 1 heterocycles. The number of aromatic nitrogens is 1. The first-order valence-electron chi connectivity index (χ1n) is 5.36. The lowest BCUT2D eigenvalue weighted by Crippen LogP contribution is -1.97. The lowest BCUT2D eigenvalue weighted by molar-refractivity contribution is 0.472. The third-order valence-corrected chi connectivity index (χ3v) is 2.55. The van der Waals surface area contributed by atoms with E-state index in [1.807, 2.05) is 0 Å². The summed E-state index contributed by atoms with van der Waals surface area (Å²) in [5.41, 5.74) is 0.597. The van der Waals surface area contributed by atoms with E-state index in [0.29, 0.717) is 0 Å². The van der Waals surface area contributed by atoms with Crippen LogP contribution in [0.3, 0.4) is 0 Å². The summed E-state index contributed by atoms with van der Waals surface area (Å²) in [6.07, 6.45) is 2.96. The number of nitrogens with zero attached hydrogens (tertiary/aromatic N) is 1. The van der Waals surface area contributed by atoms with Gasteiger partial charge >= 0.3 is 0 Å². The molecule has 0 bridgehead atoms. The van der Waals surface area contributed by atoms with Crippen LogP contribution in [0.15, 0.2) is 43.1 Å². The molecule has 0 aliphatic heterocycles. The summed E-state index contributed by atoms with van der Waals surface area (Å²) >= 11 is 0. The number of pyridine rings is 1. The van der Waals surface area contributed by atoms with Gasteiger partial charge in [-0.05, 0) is 30.2 Å². The largest absolute Gasteiger partial charge is 0.506 e. The summed E-state index contributed by atoms with van der Waals surface area (Å²) < 4.78 is 27.6. The third kappa shape index (κ3) is 2.22. The van der Waals surface area contributed by atoms with E-state index < -0.39 is 11.6 Å². The molecule has 1 aromatic heterocycles. The van der Waals surface area contributed by atoms with Crippen molar-refractivity contribution >= 4 is 0 Å². The molecule has 0 aliphatic carbocycles. The van der Waals surface area contributed by atoms with Gasteiger partial charge < -0.3 is 5.11 Å². The zero-order valence-corrected chi connectivity index (χ0v) is 9.53. The molecular formula is C14H11F2NO. The van der Waals surface area contributed by atoms with E-state index in [0.717, 1.165) is 0 Å². The highest BCUT2D eigenvalue weighted by molar-refractivity contribution is 5.61. The Labute approximate surface area is 103 Å². The van der Waals surface area contributed by atoms with E-state index in [4.69, 9.17) is 5.11 Å². The molecule has 1 N–H and O–H groups in total. The van der Waals surface area contributed by atoms with E-state index in [1.54, 1.807) is 0 Å². The molecule has 2 rings (SSSR count). The minimum atomic E-state index is -0.937. The van der Waals surface area contributed by atoms with Gasteiger partial charge in [0.05, 0.1) is 11.9 Å². The predicted molar refractivity (Wildman–Crippen MR) is 65.2 cm³/mol. The molecule has 0 radical (unpaired) electrons. The van der Waals surface area contributed by atoms with Gasteiger partial charge in [-0.3, -0.25) is 4.98 Å². The number of aromatic hydroxyl groups is 1. The van der Waals surface area contributed by atoms with Crippen LogP contribution < -0.4 is 0 Å². The number of hydrogen-bond donors (Lipinski definition) is 1. The second-order valence-corrected chi connectivity index (χ2v) is 3.79. The highest BCUT2D eigenvalue weighted by Gasteiger charge is 2.14. The second-order valence-electron chi connectivity index (χ2n) is 3.79. The molecular weight excluding hydrogens is 236 g/mol. The normalized spacial score (nSPS) is 10.3. The molecule has 2 aromatic rings. The van der Waals surface area contributed by atoms with Crippen LogP contribution in [-0.4, -0.2) is 10.1 Å². The van der Waals surface area contributed by atoms with Crippen LogP contribution in [0.2, 0.25) is 0 Å². The van der Waals surface area contributed by atoms with E-state index in [2.05, 4.69) is 11.6 Å². The molecule has 0 saturated carbocycles. The fourth-order valence-electron chi connectivity index (χ4n) is 1.65. The molecule has 18 heavy (non-hydrogen) atoms. The minimum absolute atomic E-state index is 0.0251. The Balaban J connectivity index is 2.49. The molecule has 4 heteroatoms. The molecule has 0 amide bonds. The third-order valence-electron chi connectivity index (χ3n) is 2.55. The van der Waals surface area contributed by atoms with Crippen molar-refractivity contribution in [1.82, 2.24) is 4.98 Å². The molecule has 0 fully saturated rings. The van der Waals surface area contributed by atoms with Gasteiger partial charge in [-0.15, -0.1) is 6.58 Å². The van der Waals surface area contributed by atoms with E-state index in [9.17, 15) is 8.78 Å². The van der Waals surface area contributed by atoms with Crippen molar-refractivity contribution in [3.05, 3.63) is 60.3 Å². The average Bonchev–Trinajstić information content (AvgIpc) is 2.37. The molecule has 2 nitrogen and oxygen atoms in total. The Bertz CT molecular complexity index is 579. The van der Waals surface area contributed by atoms with Crippen molar-refractivity contribution < 1.29 is 13.9 Å². The monoisotopic (exact) mass is 247 g/mol. The summed E-state index contributed by atoms with van der Waals surface area (Å²) in [5, 5.41) is 9.10. The molecule has 0 unspecified atom stereocenters. The highest BCUT2D eigenvalue weighted by Crippen LogP contribution is 2.26. The minimum Gasteiger partial charge on any atom is -0.506 e. The van der Waals surface area contributed by atoms with Crippen molar-refractivity contribution in [2.24, 2.45) is 0 Å². The zero-order chi connectivity index (χ0) is 13.1. The maximum absolute atomic E-state index is 13.9. The van der Waals surface area contributed by atoms with Crippen molar-refractivity contribution in [2.75, 3.05) is 0 Å². The van der Waals surface area contributed by atoms with Gasteiger partial charge in [0.15, 0.2) is 11.6 Å². The Morgan fingerprint density at radius 1 is 1.17 bits per heavy atom. The lowest BCUT2D eigenvalue weighted by Gasteiger charge is -2.07. The first-order valence-corrected chi connectivity index (χ1v) is 5.36. The van der Waals surface area contributed by atoms with E-state index in [-0.39, 0.29) is 29.0 Å². The highest BCUT2D eigenvalue weighted by atomic mass is 19.2. The number of rotatable bonds is 3. The van der Waals surface area contributed by atoms with Crippen molar-refractivity contribution in [3.63, 3.8) is 0 Å². The topological polar surface area (TPSA) is 33.1 Å². The molecule has 0 spiro atoms. The smallest absolute Gasteiger partial charge is 0.168 e. The lowest BCUT2D eigenvalue weighted by atomic mass is 10.0. The van der Waals surface area contributed by atoms with E-state index in [1.165, 1.54) is 36.5 Å². The summed E-state index contributed by atoms with van der Waals surface area (Å²) in [4.78, 5) is 3.85. The van der Waals surface area contributed by atoms with Crippen LogP contribution in [0.25, 0.3) is 11.3 Å². The average molecular weight is 247 g/mol. The summed E-state index contributed by atoms with van der Waals surface area (Å²) in [6.45, 7) is 3.49. The number of halogens is 2. The molecule has 0 aliphatic rings. The summed E-state index contributed by atoms with van der Waals surface area (Å²) in [7, 11) is 0. The van der Waals surface area contributed by atoms with Crippen LogP contribution in [0, 0.1) is 11.6 Å². The van der Waals surface area contributed by atoms with Crippen LogP contribution in [0.1, 0.15) is 5.56 Å². The van der Waals surface area contributed by atoms with Crippen molar-refractivity contribution in [2.45, 2.75) is 6.42 Å². The number of allylic oxidation sites excluding steroid dienone is 1. The number of benzene rings is 1. The fraction of sp³-hybridized carbons (Fsp3) is 0.0714. The number of hydrogen-bond acceptors (Lipinski definition) is 2. The Morgan fingerprint density at radius 3 is 2.56 bits per heavy atom. The maximum atomic E-state index is 13.9. The zero-order valence-electron chi connectivity index (χ0n) is 9.53. The van der Waals surface area contributed by atoms with Gasteiger partial charge in [-0.1, -0.05) is 12.1 Å². The maximum Gasteiger partial charge on any atom is 0.168 e. The fourth-order valence-corrected chi connectivity index (χ4v) is 1.65. The Hall–Kier alpha value is -2.23. The quantitative estimate of drug-likeness (QED) is 0.842. The van der Waals surface area contributed by atoms with Crippen LogP contribution >= 0.6 is 0 Å². The first kappa shape index (κ1) is 12.2. The van der Waals surface area contributed by atoms with Gasteiger partial charge in [0.2, 0.25) is 0 Å². The van der Waals surface area contributed by atoms with Gasteiger partial charge in [0.1, 0.15) is 5.75 Å². The Morgan fingerprint density at radius 2 is 1.94 bits per heavy atom. The molecule has 0 atom stereocenters. The van der Waals surface area contributed by atoms with Gasteiger partial charge in [0, 0.05) is 5.56 Å². The molecule has 0 saturated heterocycles. The van der Waals surface area contributed by atoms with Crippen LogP contribution in [-0.2, 0) is 6.42 Å². The summed E-state index contributed by atoms with van der Waals surface area (Å²) in [6, 6.07) is 5.78. The molecule has 1 aromatic carbocycles. The predicted octanol–water partition coefficient (Wildman–Crippen LogP) is 3.46. The first-order chi connectivity index (χ1) is 8.63.